The molecule has 1 aliphatic rings. The molecule has 0 aliphatic carbocycles. The summed E-state index contributed by atoms with van der Waals surface area (Å²) in [5, 5.41) is 11.1. The van der Waals surface area contributed by atoms with Crippen molar-refractivity contribution in [3.8, 4) is 0 Å². The number of amides is 2. The Labute approximate surface area is 170 Å². The molecule has 0 saturated heterocycles. The van der Waals surface area contributed by atoms with E-state index in [0.717, 1.165) is 18.2 Å². The first-order chi connectivity index (χ1) is 14.5. The lowest BCUT2D eigenvalue weighted by molar-refractivity contribution is 0.0753. The van der Waals surface area contributed by atoms with Gasteiger partial charge in [0.2, 0.25) is 0 Å². The van der Waals surface area contributed by atoms with Crippen LogP contribution in [0, 0.1) is 11.6 Å². The molecule has 0 fully saturated rings. The van der Waals surface area contributed by atoms with Gasteiger partial charge in [-0.2, -0.15) is 0 Å². The molecule has 2 aromatic heterocycles. The zero-order valence-electron chi connectivity index (χ0n) is 15.9. The van der Waals surface area contributed by atoms with Crippen molar-refractivity contribution < 1.29 is 18.4 Å². The molecule has 1 N–H and O–H groups in total. The summed E-state index contributed by atoms with van der Waals surface area (Å²) in [5.74, 6) is -1.04. The van der Waals surface area contributed by atoms with Gasteiger partial charge in [0.05, 0.1) is 12.1 Å². The first-order valence-electron chi connectivity index (χ1n) is 9.36. The van der Waals surface area contributed by atoms with E-state index in [-0.39, 0.29) is 24.6 Å². The van der Waals surface area contributed by atoms with Crippen molar-refractivity contribution in [3.05, 3.63) is 77.1 Å². The second-order valence-corrected chi connectivity index (χ2v) is 6.77. The predicted octanol–water partition coefficient (Wildman–Crippen LogP) is 1.58. The molecule has 8 nitrogen and oxygen atoms in total. The normalized spacial score (nSPS) is 13.5. The van der Waals surface area contributed by atoms with Gasteiger partial charge in [0.25, 0.3) is 11.8 Å². The minimum absolute atomic E-state index is 0.167. The van der Waals surface area contributed by atoms with Gasteiger partial charge in [-0.05, 0) is 30.3 Å². The van der Waals surface area contributed by atoms with E-state index < -0.39 is 17.5 Å². The van der Waals surface area contributed by atoms with E-state index in [1.807, 2.05) is 4.57 Å². The van der Waals surface area contributed by atoms with Crippen LogP contribution in [-0.2, 0) is 19.5 Å². The number of pyridine rings is 1. The molecule has 2 amide bonds. The zero-order valence-corrected chi connectivity index (χ0v) is 15.9. The number of benzene rings is 1. The monoisotopic (exact) mass is 412 g/mol. The fraction of sp³-hybridized carbons (Fsp3) is 0.250. The van der Waals surface area contributed by atoms with E-state index >= 15 is 0 Å². The summed E-state index contributed by atoms with van der Waals surface area (Å²) in [6.45, 7) is 1.13. The molecule has 0 bridgehead atoms. The third-order valence-corrected chi connectivity index (χ3v) is 4.90. The van der Waals surface area contributed by atoms with Crippen LogP contribution in [0.2, 0.25) is 0 Å². The van der Waals surface area contributed by atoms with E-state index in [9.17, 15) is 18.4 Å². The lowest BCUT2D eigenvalue weighted by Crippen LogP contribution is -2.34. The van der Waals surface area contributed by atoms with Crippen molar-refractivity contribution in [2.75, 3.05) is 13.1 Å². The Hall–Kier alpha value is -3.69. The number of carbonyl (C=O) groups excluding carboxylic acids is 2. The topological polar surface area (TPSA) is 93.0 Å². The first kappa shape index (κ1) is 19.6. The van der Waals surface area contributed by atoms with Crippen LogP contribution in [0.15, 0.2) is 42.7 Å². The average molecular weight is 412 g/mol. The van der Waals surface area contributed by atoms with Crippen LogP contribution < -0.4 is 5.32 Å². The highest BCUT2D eigenvalue weighted by atomic mass is 19.1. The Morgan fingerprint density at radius 1 is 1.03 bits per heavy atom. The van der Waals surface area contributed by atoms with Gasteiger partial charge in [-0.15, -0.1) is 10.2 Å². The van der Waals surface area contributed by atoms with E-state index in [1.165, 1.54) is 17.3 Å². The number of halogens is 2. The van der Waals surface area contributed by atoms with E-state index in [4.69, 9.17) is 0 Å². The minimum Gasteiger partial charge on any atom is -0.345 e. The van der Waals surface area contributed by atoms with Crippen molar-refractivity contribution in [1.82, 2.24) is 30.0 Å². The maximum Gasteiger partial charge on any atom is 0.257 e. The van der Waals surface area contributed by atoms with E-state index in [1.54, 1.807) is 12.1 Å². The van der Waals surface area contributed by atoms with Gasteiger partial charge in [0.1, 0.15) is 17.5 Å². The van der Waals surface area contributed by atoms with Gasteiger partial charge in [-0.3, -0.25) is 14.6 Å². The van der Waals surface area contributed by atoms with Crippen LogP contribution >= 0.6 is 0 Å². The SMILES string of the molecule is O=C(NCc1nnc2n1CCN(C(=O)c1cc(F)ccc1F)CC2)c1ccncc1. The molecule has 0 atom stereocenters. The maximum absolute atomic E-state index is 14.0. The Morgan fingerprint density at radius 2 is 1.83 bits per heavy atom. The lowest BCUT2D eigenvalue weighted by atomic mass is 10.1. The molecule has 3 heterocycles. The minimum atomic E-state index is -0.760. The van der Waals surface area contributed by atoms with Gasteiger partial charge in [0, 0.05) is 44.0 Å². The molecule has 0 radical (unpaired) electrons. The molecule has 0 unspecified atom stereocenters. The number of carbonyl (C=O) groups is 2. The van der Waals surface area contributed by atoms with Crippen LogP contribution in [-0.4, -0.2) is 49.6 Å². The summed E-state index contributed by atoms with van der Waals surface area (Å²) in [7, 11) is 0. The van der Waals surface area contributed by atoms with Crippen LogP contribution in [0.3, 0.4) is 0 Å². The second kappa shape index (κ2) is 8.36. The summed E-state index contributed by atoms with van der Waals surface area (Å²) in [5.41, 5.74) is 0.187. The molecular formula is C20H18F2N6O2. The molecule has 4 rings (SSSR count). The maximum atomic E-state index is 14.0. The molecule has 1 aliphatic heterocycles. The zero-order chi connectivity index (χ0) is 21.1. The van der Waals surface area contributed by atoms with Crippen LogP contribution in [0.5, 0.6) is 0 Å². The largest absolute Gasteiger partial charge is 0.345 e. The predicted molar refractivity (Wildman–Crippen MR) is 101 cm³/mol. The number of rotatable bonds is 4. The summed E-state index contributed by atoms with van der Waals surface area (Å²) in [4.78, 5) is 30.2. The Kier molecular flexibility index (Phi) is 5.46. The highest BCUT2D eigenvalue weighted by Crippen LogP contribution is 2.16. The molecule has 30 heavy (non-hydrogen) atoms. The van der Waals surface area contributed by atoms with Crippen LogP contribution in [0.1, 0.15) is 32.4 Å². The standard InChI is InChI=1S/C20H18F2N6O2/c21-14-1-2-16(22)15(11-14)20(30)27-8-5-17-25-26-18(28(17)10-9-27)12-24-19(29)13-3-6-23-7-4-13/h1-4,6-7,11H,5,8-10,12H2,(H,24,29). The van der Waals surface area contributed by atoms with Gasteiger partial charge in [-0.25, -0.2) is 8.78 Å². The quantitative estimate of drug-likeness (QED) is 0.702. The highest BCUT2D eigenvalue weighted by Gasteiger charge is 2.24. The molecule has 10 heteroatoms. The number of fused-ring (bicyclic) bond motifs is 1. The molecule has 154 valence electrons. The van der Waals surface area contributed by atoms with E-state index in [2.05, 4.69) is 20.5 Å². The first-order valence-corrected chi connectivity index (χ1v) is 9.36. The van der Waals surface area contributed by atoms with Crippen LogP contribution in [0.4, 0.5) is 8.78 Å². The fourth-order valence-electron chi connectivity index (χ4n) is 3.31. The number of aromatic nitrogens is 4. The summed E-state index contributed by atoms with van der Waals surface area (Å²) in [6.07, 6.45) is 3.48. The van der Waals surface area contributed by atoms with Gasteiger partial charge in [0.15, 0.2) is 5.82 Å². The molecular weight excluding hydrogens is 394 g/mol. The number of nitrogens with zero attached hydrogens (tertiary/aromatic N) is 5. The molecule has 0 saturated carbocycles. The Balaban J connectivity index is 1.43. The number of hydrogen-bond donors (Lipinski definition) is 1. The lowest BCUT2D eigenvalue weighted by Gasteiger charge is -2.20. The van der Waals surface area contributed by atoms with Crippen molar-refractivity contribution in [3.63, 3.8) is 0 Å². The van der Waals surface area contributed by atoms with Crippen LogP contribution in [0.25, 0.3) is 0 Å². The van der Waals surface area contributed by atoms with Crippen molar-refractivity contribution in [1.29, 1.82) is 0 Å². The average Bonchev–Trinajstić information content (AvgIpc) is 3.02. The summed E-state index contributed by atoms with van der Waals surface area (Å²) >= 11 is 0. The number of nitrogens with one attached hydrogen (secondary N) is 1. The fourth-order valence-corrected chi connectivity index (χ4v) is 3.31. The highest BCUT2D eigenvalue weighted by molar-refractivity contribution is 5.94. The second-order valence-electron chi connectivity index (χ2n) is 6.77. The number of hydrogen-bond acceptors (Lipinski definition) is 5. The van der Waals surface area contributed by atoms with E-state index in [0.29, 0.717) is 36.7 Å². The third-order valence-electron chi connectivity index (χ3n) is 4.90. The molecule has 1 aromatic carbocycles. The van der Waals surface area contributed by atoms with Crippen molar-refractivity contribution in [2.45, 2.75) is 19.5 Å². The molecule has 3 aromatic rings. The van der Waals surface area contributed by atoms with Crippen molar-refractivity contribution >= 4 is 11.8 Å². The third kappa shape index (κ3) is 4.02. The summed E-state index contributed by atoms with van der Waals surface area (Å²) < 4.78 is 29.3. The smallest absolute Gasteiger partial charge is 0.257 e. The Morgan fingerprint density at radius 3 is 2.63 bits per heavy atom. The Bertz CT molecular complexity index is 1090. The van der Waals surface area contributed by atoms with Gasteiger partial charge in [-0.1, -0.05) is 0 Å². The van der Waals surface area contributed by atoms with Gasteiger partial charge >= 0.3 is 0 Å². The summed E-state index contributed by atoms with van der Waals surface area (Å²) in [6, 6.07) is 6.04. The van der Waals surface area contributed by atoms with Crippen molar-refractivity contribution in [2.24, 2.45) is 0 Å². The van der Waals surface area contributed by atoms with Gasteiger partial charge < -0.3 is 14.8 Å². The molecule has 0 spiro atoms.